The van der Waals surface area contributed by atoms with Gasteiger partial charge in [-0.15, -0.1) is 0 Å². The Labute approximate surface area is 107 Å². The number of hydrogen-bond acceptors (Lipinski definition) is 4. The molecule has 0 bridgehead atoms. The van der Waals surface area contributed by atoms with E-state index in [0.717, 1.165) is 16.5 Å². The largest absolute Gasteiger partial charge is 0.357 e. The molecule has 0 spiro atoms. The lowest BCUT2D eigenvalue weighted by Gasteiger charge is -2.12. The van der Waals surface area contributed by atoms with E-state index in [0.29, 0.717) is 17.0 Å². The van der Waals surface area contributed by atoms with Crippen LogP contribution < -0.4 is 0 Å². The molecule has 1 aromatic heterocycles. The number of hydrogen-bond donors (Lipinski definition) is 1. The molecule has 0 saturated carbocycles. The second-order valence-electron chi connectivity index (χ2n) is 4.37. The fourth-order valence-corrected chi connectivity index (χ4v) is 2.42. The summed E-state index contributed by atoms with van der Waals surface area (Å²) in [7, 11) is 0. The third-order valence-electron chi connectivity index (χ3n) is 3.30. The highest BCUT2D eigenvalue weighted by molar-refractivity contribution is 6.24. The van der Waals surface area contributed by atoms with E-state index in [-0.39, 0.29) is 11.6 Å². The Kier molecular flexibility index (Phi) is 1.79. The molecular weight excluding hydrogens is 242 g/mol. The number of fused-ring (bicyclic) bond motifs is 5. The van der Waals surface area contributed by atoms with Gasteiger partial charge in [0.25, 0.3) is 0 Å². The number of H-pyrrole nitrogens is 1. The summed E-state index contributed by atoms with van der Waals surface area (Å²) < 4.78 is 0. The molecule has 0 amide bonds. The molecule has 1 N–H and O–H groups in total. The number of nitrogens with zero attached hydrogens (tertiary/aromatic N) is 2. The standard InChI is InChI=1S/C14H7N3O2/c18-10-1-2-11(19)14-12(10)13-8(6-16-14)7-5-15-4-3-9(7)17-13/h1-6,16H. The smallest absolute Gasteiger partial charge is 0.202 e. The summed E-state index contributed by atoms with van der Waals surface area (Å²) >= 11 is 0. The molecule has 2 aliphatic heterocycles. The molecule has 5 nitrogen and oxygen atoms in total. The number of aromatic nitrogens is 3. The van der Waals surface area contributed by atoms with E-state index in [9.17, 15) is 9.59 Å². The third-order valence-corrected chi connectivity index (χ3v) is 3.30. The van der Waals surface area contributed by atoms with Gasteiger partial charge >= 0.3 is 0 Å². The summed E-state index contributed by atoms with van der Waals surface area (Å²) in [4.78, 5) is 35.2. The minimum absolute atomic E-state index is 0.202. The van der Waals surface area contributed by atoms with Gasteiger partial charge in [0.2, 0.25) is 5.78 Å². The lowest BCUT2D eigenvalue weighted by Crippen LogP contribution is -2.15. The first kappa shape index (κ1) is 10.1. The monoisotopic (exact) mass is 249 g/mol. The highest BCUT2D eigenvalue weighted by atomic mass is 16.1. The molecule has 3 aliphatic rings. The van der Waals surface area contributed by atoms with Crippen molar-refractivity contribution in [1.29, 1.82) is 0 Å². The molecule has 0 saturated heterocycles. The molecule has 0 fully saturated rings. The second kappa shape index (κ2) is 3.35. The van der Waals surface area contributed by atoms with Crippen LogP contribution in [-0.4, -0.2) is 26.5 Å². The Bertz CT molecular complexity index is 860. The summed E-state index contributed by atoms with van der Waals surface area (Å²) in [6.45, 7) is 0. The number of ketones is 2. The Morgan fingerprint density at radius 1 is 1.11 bits per heavy atom. The first-order valence-corrected chi connectivity index (χ1v) is 5.77. The van der Waals surface area contributed by atoms with Gasteiger partial charge < -0.3 is 4.98 Å². The lowest BCUT2D eigenvalue weighted by molar-refractivity contribution is 0.0990. The van der Waals surface area contributed by atoms with Crippen LogP contribution in [0.15, 0.2) is 36.8 Å². The van der Waals surface area contributed by atoms with Crippen molar-refractivity contribution in [2.45, 2.75) is 0 Å². The zero-order valence-electron chi connectivity index (χ0n) is 9.68. The van der Waals surface area contributed by atoms with Gasteiger partial charge in [-0.2, -0.15) is 0 Å². The lowest BCUT2D eigenvalue weighted by atomic mass is 9.95. The van der Waals surface area contributed by atoms with Crippen molar-refractivity contribution in [2.75, 3.05) is 0 Å². The molecule has 3 heterocycles. The van der Waals surface area contributed by atoms with Crippen molar-refractivity contribution >= 4 is 22.5 Å². The van der Waals surface area contributed by atoms with Gasteiger partial charge in [0.1, 0.15) is 0 Å². The molecule has 0 atom stereocenters. The Balaban J connectivity index is 2.18. The average Bonchev–Trinajstić information content (AvgIpc) is 2.81. The van der Waals surface area contributed by atoms with Gasteiger partial charge in [0.15, 0.2) is 5.78 Å². The fourth-order valence-electron chi connectivity index (χ4n) is 2.42. The van der Waals surface area contributed by atoms with E-state index < -0.39 is 0 Å². The maximum absolute atomic E-state index is 12.0. The normalized spacial score (nSPS) is 14.3. The van der Waals surface area contributed by atoms with Gasteiger partial charge in [-0.05, 0) is 18.2 Å². The van der Waals surface area contributed by atoms with Crippen LogP contribution in [0, 0.1) is 0 Å². The van der Waals surface area contributed by atoms with Crippen molar-refractivity contribution < 1.29 is 9.59 Å². The van der Waals surface area contributed by atoms with Gasteiger partial charge in [-0.25, -0.2) is 4.98 Å². The van der Waals surface area contributed by atoms with Gasteiger partial charge in [0, 0.05) is 29.5 Å². The molecule has 0 radical (unpaired) electrons. The summed E-state index contributed by atoms with van der Waals surface area (Å²) in [5, 5.41) is 0.867. The fraction of sp³-hybridized carbons (Fsp3) is 0. The van der Waals surface area contributed by atoms with Crippen molar-refractivity contribution in [3.05, 3.63) is 48.1 Å². The van der Waals surface area contributed by atoms with Crippen LogP contribution in [-0.2, 0) is 0 Å². The Hall–Kier alpha value is -2.82. The van der Waals surface area contributed by atoms with E-state index >= 15 is 0 Å². The van der Waals surface area contributed by atoms with Crippen LogP contribution in [0.2, 0.25) is 0 Å². The van der Waals surface area contributed by atoms with Crippen LogP contribution in [0.3, 0.4) is 0 Å². The molecule has 0 unspecified atom stereocenters. The number of nitrogens with one attached hydrogen (secondary N) is 1. The van der Waals surface area contributed by atoms with Crippen LogP contribution in [0.25, 0.3) is 22.2 Å². The maximum atomic E-state index is 12.0. The number of carbonyl (C=O) groups excluding carboxylic acids is 2. The summed E-state index contributed by atoms with van der Waals surface area (Å²) in [5.74, 6) is -0.408. The number of rotatable bonds is 0. The van der Waals surface area contributed by atoms with E-state index in [1.807, 2.05) is 0 Å². The van der Waals surface area contributed by atoms with Gasteiger partial charge in [-0.3, -0.25) is 14.6 Å². The zero-order chi connectivity index (χ0) is 13.0. The van der Waals surface area contributed by atoms with E-state index in [2.05, 4.69) is 15.0 Å². The third kappa shape index (κ3) is 1.24. The van der Waals surface area contributed by atoms with Crippen molar-refractivity contribution in [1.82, 2.24) is 15.0 Å². The SMILES string of the molecule is O=C1C=CC(=O)c2c3nc4ccncc4c-3c[nH]c21. The summed E-state index contributed by atoms with van der Waals surface area (Å²) in [6, 6.07) is 1.78. The molecule has 1 aliphatic carbocycles. The van der Waals surface area contributed by atoms with E-state index in [4.69, 9.17) is 0 Å². The van der Waals surface area contributed by atoms with Crippen LogP contribution in [0.5, 0.6) is 0 Å². The first-order chi connectivity index (χ1) is 9.25. The van der Waals surface area contributed by atoms with Gasteiger partial charge in [-0.1, -0.05) is 0 Å². The van der Waals surface area contributed by atoms with Crippen LogP contribution in [0.4, 0.5) is 0 Å². The Morgan fingerprint density at radius 2 is 1.95 bits per heavy atom. The zero-order valence-corrected chi connectivity index (χ0v) is 9.68. The molecule has 5 heteroatoms. The number of pyridine rings is 2. The highest BCUT2D eigenvalue weighted by Gasteiger charge is 2.27. The van der Waals surface area contributed by atoms with E-state index in [1.54, 1.807) is 24.7 Å². The van der Waals surface area contributed by atoms with Gasteiger partial charge in [0.05, 0.1) is 22.5 Å². The molecule has 1 aromatic rings. The van der Waals surface area contributed by atoms with Crippen molar-refractivity contribution in [2.24, 2.45) is 0 Å². The predicted octanol–water partition coefficient (Wildman–Crippen LogP) is 2.00. The highest BCUT2D eigenvalue weighted by Crippen LogP contribution is 2.35. The maximum Gasteiger partial charge on any atom is 0.202 e. The minimum atomic E-state index is -0.207. The number of carbonyl (C=O) groups is 2. The van der Waals surface area contributed by atoms with Crippen molar-refractivity contribution in [3.63, 3.8) is 0 Å². The average molecular weight is 249 g/mol. The molecule has 4 rings (SSSR count). The van der Waals surface area contributed by atoms with Crippen LogP contribution in [0.1, 0.15) is 20.8 Å². The molecule has 0 aromatic carbocycles. The molecule has 19 heavy (non-hydrogen) atoms. The Morgan fingerprint density at radius 3 is 2.84 bits per heavy atom. The second-order valence-corrected chi connectivity index (χ2v) is 4.37. The minimum Gasteiger partial charge on any atom is -0.357 e. The number of allylic oxidation sites excluding steroid dienone is 2. The van der Waals surface area contributed by atoms with Crippen LogP contribution >= 0.6 is 0 Å². The molecular formula is C14H7N3O2. The quantitative estimate of drug-likeness (QED) is 0.661. The van der Waals surface area contributed by atoms with E-state index in [1.165, 1.54) is 12.2 Å². The number of aromatic amines is 1. The predicted molar refractivity (Wildman–Crippen MR) is 68.3 cm³/mol. The topological polar surface area (TPSA) is 75.7 Å². The van der Waals surface area contributed by atoms with Crippen molar-refractivity contribution in [3.8, 4) is 11.3 Å². The first-order valence-electron chi connectivity index (χ1n) is 5.77. The summed E-state index contributed by atoms with van der Waals surface area (Å²) in [5.41, 5.74) is 2.77. The summed E-state index contributed by atoms with van der Waals surface area (Å²) in [6.07, 6.45) is 7.62. The molecule has 90 valence electrons.